The number of hydrogen-bond donors (Lipinski definition) is 5. The molecule has 3 rings (SSSR count). The minimum atomic E-state index is -0.315. The molecule has 0 bridgehead atoms. The molecule has 0 atom stereocenters. The van der Waals surface area contributed by atoms with E-state index in [9.17, 15) is 14.4 Å². The molecule has 10 nitrogen and oxygen atoms in total. The maximum Gasteiger partial charge on any atom is 0.254 e. The zero-order valence-electron chi connectivity index (χ0n) is 18.8. The molecular formula is C23H26FeN4O6. The number of para-hydroxylation sites is 1. The predicted octanol–water partition coefficient (Wildman–Crippen LogP) is 2.28. The summed E-state index contributed by atoms with van der Waals surface area (Å²) >= 11 is 0. The van der Waals surface area contributed by atoms with Crippen molar-refractivity contribution in [1.82, 2.24) is 20.6 Å². The molecule has 2 amide bonds. The fourth-order valence-corrected chi connectivity index (χ4v) is 2.33. The van der Waals surface area contributed by atoms with Gasteiger partial charge >= 0.3 is 0 Å². The van der Waals surface area contributed by atoms with Crippen LogP contribution in [0.15, 0.2) is 61.2 Å². The maximum atomic E-state index is 11.0. The number of ketones is 1. The molecule has 0 aliphatic rings. The van der Waals surface area contributed by atoms with Crippen molar-refractivity contribution in [2.24, 2.45) is 0 Å². The molecule has 3 aromatic rings. The van der Waals surface area contributed by atoms with E-state index in [4.69, 9.17) is 15.3 Å². The van der Waals surface area contributed by atoms with Crippen molar-refractivity contribution < 1.29 is 46.8 Å². The van der Waals surface area contributed by atoms with Gasteiger partial charge < -0.3 is 26.0 Å². The van der Waals surface area contributed by atoms with Crippen LogP contribution in [0.5, 0.6) is 17.2 Å². The van der Waals surface area contributed by atoms with E-state index in [1.165, 1.54) is 57.1 Å². The van der Waals surface area contributed by atoms with Gasteiger partial charge in [0, 0.05) is 50.0 Å². The van der Waals surface area contributed by atoms with Crippen LogP contribution in [-0.4, -0.2) is 57.0 Å². The average Bonchev–Trinajstić information content (AvgIpc) is 2.84. The van der Waals surface area contributed by atoms with E-state index in [2.05, 4.69) is 20.6 Å². The monoisotopic (exact) mass is 510 g/mol. The van der Waals surface area contributed by atoms with E-state index < -0.39 is 0 Å². The van der Waals surface area contributed by atoms with Crippen molar-refractivity contribution in [3.05, 3.63) is 77.9 Å². The molecule has 5 N–H and O–H groups in total. The smallest absolute Gasteiger partial charge is 0.254 e. The number of rotatable bonds is 4. The van der Waals surface area contributed by atoms with E-state index in [1.807, 2.05) is 0 Å². The Bertz CT molecular complexity index is 958. The van der Waals surface area contributed by atoms with Gasteiger partial charge in [-0.25, -0.2) is 0 Å². The molecule has 2 heterocycles. The standard InChI is InChI=1S/2C8H9NO2.C7H8N2O2.Fe/c1-9-8(11)6-4-2-3-5-7(6)10;1-2-7(10)6-3-4-9-5-8(6)11;1-8-7(11)5-2-3-9-4-6(5)10;/h2-5,10H,1H3,(H,9,11);3-5,11H,2H2,1H3;2-4,10H,1H3,(H,8,11);. The molecule has 182 valence electrons. The maximum absolute atomic E-state index is 11.0. The van der Waals surface area contributed by atoms with E-state index in [0.29, 0.717) is 17.5 Å². The van der Waals surface area contributed by atoms with Crippen LogP contribution in [-0.2, 0) is 17.1 Å². The number of pyridine rings is 2. The zero-order chi connectivity index (χ0) is 24.8. The van der Waals surface area contributed by atoms with Crippen LogP contribution in [0.3, 0.4) is 0 Å². The number of hydrogen-bond acceptors (Lipinski definition) is 8. The third-order valence-corrected chi connectivity index (χ3v) is 4.07. The second-order valence-corrected chi connectivity index (χ2v) is 6.24. The molecule has 0 radical (unpaired) electrons. The number of nitrogens with zero attached hydrogens (tertiary/aromatic N) is 2. The van der Waals surface area contributed by atoms with Gasteiger partial charge in [-0.3, -0.25) is 24.4 Å². The number of amides is 2. The van der Waals surface area contributed by atoms with E-state index in [1.54, 1.807) is 25.1 Å². The first kappa shape index (κ1) is 30.0. The number of carbonyl (C=O) groups is 3. The summed E-state index contributed by atoms with van der Waals surface area (Å²) in [7, 11) is 3.02. The number of phenolic OH excluding ortho intramolecular Hbond substituents is 1. The summed E-state index contributed by atoms with van der Waals surface area (Å²) in [5, 5.41) is 32.2. The minimum absolute atomic E-state index is 0. The number of carbonyl (C=O) groups excluding carboxylic acids is 3. The van der Waals surface area contributed by atoms with Gasteiger partial charge in [-0.15, -0.1) is 0 Å². The van der Waals surface area contributed by atoms with Crippen LogP contribution in [0.2, 0.25) is 0 Å². The number of Topliss-reactive ketones (excluding diaryl/α,β-unsaturated/α-hetero) is 1. The topological polar surface area (TPSA) is 162 Å². The Balaban J connectivity index is 0.000000473. The van der Waals surface area contributed by atoms with Gasteiger partial charge in [0.15, 0.2) is 5.78 Å². The number of phenols is 1. The third kappa shape index (κ3) is 9.27. The molecule has 0 saturated carbocycles. The second-order valence-electron chi connectivity index (χ2n) is 6.24. The first-order valence-electron chi connectivity index (χ1n) is 9.78. The molecule has 0 spiro atoms. The summed E-state index contributed by atoms with van der Waals surface area (Å²) in [6, 6.07) is 9.38. The van der Waals surface area contributed by atoms with Crippen molar-refractivity contribution in [2.75, 3.05) is 14.1 Å². The van der Waals surface area contributed by atoms with Crippen LogP contribution >= 0.6 is 0 Å². The van der Waals surface area contributed by atoms with Crippen molar-refractivity contribution in [3.8, 4) is 17.2 Å². The largest absolute Gasteiger partial charge is 0.507 e. The number of benzene rings is 1. The van der Waals surface area contributed by atoms with Crippen LogP contribution in [0.1, 0.15) is 44.4 Å². The van der Waals surface area contributed by atoms with E-state index in [0.717, 1.165) is 0 Å². The first-order valence-corrected chi connectivity index (χ1v) is 9.78. The molecule has 1 aromatic carbocycles. The predicted molar refractivity (Wildman–Crippen MR) is 121 cm³/mol. The van der Waals surface area contributed by atoms with Gasteiger partial charge in [-0.2, -0.15) is 0 Å². The number of aromatic nitrogens is 2. The summed E-state index contributed by atoms with van der Waals surface area (Å²) < 4.78 is 0. The Morgan fingerprint density at radius 2 is 1.18 bits per heavy atom. The molecule has 0 fully saturated rings. The fourth-order valence-electron chi connectivity index (χ4n) is 2.33. The number of nitrogens with one attached hydrogen (secondary N) is 2. The van der Waals surface area contributed by atoms with E-state index >= 15 is 0 Å². The van der Waals surface area contributed by atoms with Gasteiger partial charge in [0.2, 0.25) is 0 Å². The molecule has 0 aliphatic heterocycles. The first-order chi connectivity index (χ1) is 15.8. The SMILES string of the molecule is CCC(=O)c1ccncc1O.CNC(=O)c1ccccc1O.CNC(=O)c1ccncc1O.[Fe]. The molecule has 34 heavy (non-hydrogen) atoms. The third-order valence-electron chi connectivity index (χ3n) is 4.07. The fraction of sp³-hybridized carbons (Fsp3) is 0.174. The minimum Gasteiger partial charge on any atom is -0.507 e. The summed E-state index contributed by atoms with van der Waals surface area (Å²) in [5.41, 5.74) is 0.889. The Kier molecular flexibility index (Phi) is 14.0. The van der Waals surface area contributed by atoms with Gasteiger partial charge in [-0.1, -0.05) is 19.1 Å². The van der Waals surface area contributed by atoms with Crippen molar-refractivity contribution in [2.45, 2.75) is 13.3 Å². The molecule has 0 unspecified atom stereocenters. The summed E-state index contributed by atoms with van der Waals surface area (Å²) in [4.78, 5) is 40.2. The van der Waals surface area contributed by atoms with Crippen LogP contribution in [0, 0.1) is 0 Å². The van der Waals surface area contributed by atoms with Crippen molar-refractivity contribution >= 4 is 17.6 Å². The quantitative estimate of drug-likeness (QED) is 0.264. The average molecular weight is 510 g/mol. The summed E-state index contributed by atoms with van der Waals surface area (Å²) in [5.74, 6) is -0.795. The Morgan fingerprint density at radius 1 is 0.735 bits per heavy atom. The second kappa shape index (κ2) is 15.8. The van der Waals surface area contributed by atoms with Crippen LogP contribution in [0.25, 0.3) is 0 Å². The van der Waals surface area contributed by atoms with Gasteiger partial charge in [0.1, 0.15) is 17.2 Å². The Hall–Kier alpha value is -3.95. The van der Waals surface area contributed by atoms with Gasteiger partial charge in [-0.05, 0) is 24.3 Å². The molecule has 0 aliphatic carbocycles. The molecule has 11 heteroatoms. The van der Waals surface area contributed by atoms with Gasteiger partial charge in [0.25, 0.3) is 11.8 Å². The summed E-state index contributed by atoms with van der Waals surface area (Å²) in [6.45, 7) is 1.75. The van der Waals surface area contributed by atoms with Crippen molar-refractivity contribution in [3.63, 3.8) is 0 Å². The Morgan fingerprint density at radius 3 is 1.59 bits per heavy atom. The number of aromatic hydroxyl groups is 3. The Labute approximate surface area is 207 Å². The molecule has 2 aromatic heterocycles. The van der Waals surface area contributed by atoms with Crippen LogP contribution < -0.4 is 10.6 Å². The van der Waals surface area contributed by atoms with Gasteiger partial charge in [0.05, 0.1) is 29.1 Å². The molecular weight excluding hydrogens is 484 g/mol. The van der Waals surface area contributed by atoms with E-state index in [-0.39, 0.29) is 57.5 Å². The van der Waals surface area contributed by atoms with Crippen molar-refractivity contribution in [1.29, 1.82) is 0 Å². The molecule has 0 saturated heterocycles. The normalized spacial score (nSPS) is 9.03. The zero-order valence-corrected chi connectivity index (χ0v) is 19.9. The summed E-state index contributed by atoms with van der Waals surface area (Å²) in [6.07, 6.45) is 5.83. The van der Waals surface area contributed by atoms with Crippen LogP contribution in [0.4, 0.5) is 0 Å².